The van der Waals surface area contributed by atoms with Crippen molar-refractivity contribution in [1.29, 1.82) is 0 Å². The fourth-order valence-electron chi connectivity index (χ4n) is 1.80. The van der Waals surface area contributed by atoms with Crippen LogP contribution < -0.4 is 19.9 Å². The Labute approximate surface area is 121 Å². The number of anilines is 1. The minimum Gasteiger partial charge on any atom is -0.496 e. The van der Waals surface area contributed by atoms with E-state index in [1.165, 1.54) is 20.5 Å². The monoisotopic (exact) mass is 295 g/mol. The summed E-state index contributed by atoms with van der Waals surface area (Å²) in [5, 5.41) is 0.245. The van der Waals surface area contributed by atoms with E-state index in [9.17, 15) is 0 Å². The Balaban J connectivity index is 2.74. The molecule has 6 nitrogen and oxygen atoms in total. The molecular formula is C13H14ClN3O3. The minimum atomic E-state index is 0.191. The predicted molar refractivity (Wildman–Crippen MR) is 76.5 cm³/mol. The van der Waals surface area contributed by atoms with Gasteiger partial charge in [-0.15, -0.1) is 0 Å². The highest BCUT2D eigenvalue weighted by Crippen LogP contribution is 2.43. The van der Waals surface area contributed by atoms with E-state index in [0.29, 0.717) is 28.5 Å². The fraction of sp³-hybridized carbons (Fsp3) is 0.231. The number of benzene rings is 1. The summed E-state index contributed by atoms with van der Waals surface area (Å²) in [6.07, 6.45) is 1.33. The molecular weight excluding hydrogens is 282 g/mol. The zero-order valence-electron chi connectivity index (χ0n) is 11.3. The normalized spacial score (nSPS) is 10.2. The van der Waals surface area contributed by atoms with E-state index in [-0.39, 0.29) is 10.8 Å². The minimum absolute atomic E-state index is 0.191. The molecule has 0 aliphatic rings. The Morgan fingerprint density at radius 2 is 1.60 bits per heavy atom. The zero-order chi connectivity index (χ0) is 14.7. The second kappa shape index (κ2) is 5.83. The molecule has 20 heavy (non-hydrogen) atoms. The lowest BCUT2D eigenvalue weighted by atomic mass is 10.1. The van der Waals surface area contributed by atoms with Gasteiger partial charge in [0.2, 0.25) is 0 Å². The summed E-state index contributed by atoms with van der Waals surface area (Å²) in [5.74, 6) is 1.82. The maximum atomic E-state index is 6.17. The average molecular weight is 296 g/mol. The first kappa shape index (κ1) is 14.2. The van der Waals surface area contributed by atoms with Crippen LogP contribution in [0.5, 0.6) is 17.2 Å². The average Bonchev–Trinajstić information content (AvgIpc) is 2.48. The molecule has 1 heterocycles. The van der Waals surface area contributed by atoms with Gasteiger partial charge < -0.3 is 19.9 Å². The largest absolute Gasteiger partial charge is 0.496 e. The number of halogens is 1. The first-order chi connectivity index (χ1) is 9.62. The summed E-state index contributed by atoms with van der Waals surface area (Å²) < 4.78 is 15.9. The van der Waals surface area contributed by atoms with Gasteiger partial charge in [-0.1, -0.05) is 11.6 Å². The van der Waals surface area contributed by atoms with Crippen LogP contribution in [0.2, 0.25) is 5.02 Å². The molecule has 0 aliphatic heterocycles. The van der Waals surface area contributed by atoms with Gasteiger partial charge in [0.15, 0.2) is 0 Å². The van der Waals surface area contributed by atoms with Crippen LogP contribution in [0.1, 0.15) is 0 Å². The molecule has 0 aliphatic carbocycles. The second-order valence-electron chi connectivity index (χ2n) is 3.83. The molecule has 106 valence electrons. The number of nitrogens with zero attached hydrogens (tertiary/aromatic N) is 2. The van der Waals surface area contributed by atoms with Crippen LogP contribution in [-0.4, -0.2) is 31.3 Å². The third kappa shape index (κ3) is 2.42. The molecule has 1 aromatic heterocycles. The third-order valence-corrected chi connectivity index (χ3v) is 3.14. The number of nitrogens with two attached hydrogens (primary N) is 1. The molecule has 0 saturated heterocycles. The van der Waals surface area contributed by atoms with Crippen molar-refractivity contribution in [3.8, 4) is 28.5 Å². The van der Waals surface area contributed by atoms with Crippen molar-refractivity contribution in [3.63, 3.8) is 0 Å². The summed E-state index contributed by atoms with van der Waals surface area (Å²) in [5.41, 5.74) is 6.74. The van der Waals surface area contributed by atoms with Crippen molar-refractivity contribution in [2.75, 3.05) is 27.1 Å². The fourth-order valence-corrected chi connectivity index (χ4v) is 1.99. The van der Waals surface area contributed by atoms with Crippen molar-refractivity contribution in [1.82, 2.24) is 9.97 Å². The van der Waals surface area contributed by atoms with E-state index < -0.39 is 0 Å². The number of nitrogen functional groups attached to an aromatic ring is 1. The topological polar surface area (TPSA) is 79.5 Å². The summed E-state index contributed by atoms with van der Waals surface area (Å²) in [7, 11) is 4.63. The lowest BCUT2D eigenvalue weighted by Gasteiger charge is -2.15. The maximum Gasteiger partial charge on any atom is 0.146 e. The van der Waals surface area contributed by atoms with E-state index in [2.05, 4.69) is 9.97 Å². The van der Waals surface area contributed by atoms with Crippen molar-refractivity contribution in [2.45, 2.75) is 0 Å². The first-order valence-electron chi connectivity index (χ1n) is 5.68. The zero-order valence-corrected chi connectivity index (χ0v) is 12.1. The van der Waals surface area contributed by atoms with Crippen LogP contribution in [0.3, 0.4) is 0 Å². The molecule has 0 bridgehead atoms. The quantitative estimate of drug-likeness (QED) is 0.933. The Morgan fingerprint density at radius 1 is 1.00 bits per heavy atom. The van der Waals surface area contributed by atoms with Crippen molar-refractivity contribution in [3.05, 3.63) is 23.5 Å². The molecule has 2 rings (SSSR count). The molecule has 7 heteroatoms. The highest BCUT2D eigenvalue weighted by Gasteiger charge is 2.20. The Morgan fingerprint density at radius 3 is 2.10 bits per heavy atom. The van der Waals surface area contributed by atoms with Gasteiger partial charge in [-0.3, -0.25) is 0 Å². The highest BCUT2D eigenvalue weighted by molar-refractivity contribution is 6.35. The van der Waals surface area contributed by atoms with Gasteiger partial charge in [0.25, 0.3) is 0 Å². The van der Waals surface area contributed by atoms with Crippen LogP contribution in [0, 0.1) is 0 Å². The van der Waals surface area contributed by atoms with Crippen LogP contribution in [-0.2, 0) is 0 Å². The Kier molecular flexibility index (Phi) is 4.14. The van der Waals surface area contributed by atoms with E-state index in [1.807, 2.05) is 0 Å². The van der Waals surface area contributed by atoms with Crippen molar-refractivity contribution < 1.29 is 14.2 Å². The van der Waals surface area contributed by atoms with Gasteiger partial charge in [0.1, 0.15) is 40.1 Å². The van der Waals surface area contributed by atoms with E-state index in [0.717, 1.165) is 0 Å². The first-order valence-corrected chi connectivity index (χ1v) is 6.06. The van der Waals surface area contributed by atoms with Gasteiger partial charge >= 0.3 is 0 Å². The molecule has 0 atom stereocenters. The lowest BCUT2D eigenvalue weighted by Crippen LogP contribution is -2.00. The lowest BCUT2D eigenvalue weighted by molar-refractivity contribution is 0.377. The van der Waals surface area contributed by atoms with Gasteiger partial charge in [-0.25, -0.2) is 9.97 Å². The molecule has 0 saturated carbocycles. The van der Waals surface area contributed by atoms with E-state index >= 15 is 0 Å². The van der Waals surface area contributed by atoms with Crippen LogP contribution in [0.4, 0.5) is 5.82 Å². The maximum absolute atomic E-state index is 6.17. The number of aromatic nitrogens is 2. The molecule has 0 fully saturated rings. The van der Waals surface area contributed by atoms with Gasteiger partial charge in [0.05, 0.1) is 26.9 Å². The summed E-state index contributed by atoms with van der Waals surface area (Å²) in [6.45, 7) is 0. The molecule has 2 aromatic rings. The predicted octanol–water partition coefficient (Wildman–Crippen LogP) is 2.41. The number of ether oxygens (including phenoxy) is 3. The molecule has 0 amide bonds. The van der Waals surface area contributed by atoms with Gasteiger partial charge in [-0.2, -0.15) is 0 Å². The molecule has 0 unspecified atom stereocenters. The smallest absolute Gasteiger partial charge is 0.146 e. The third-order valence-electron chi connectivity index (χ3n) is 2.77. The van der Waals surface area contributed by atoms with E-state index in [1.54, 1.807) is 19.2 Å². The Hall–Kier alpha value is -2.21. The SMILES string of the molecule is COc1cc(OC)c(-c2ncnc(N)c2Cl)c(OC)c1. The second-order valence-corrected chi connectivity index (χ2v) is 4.21. The number of methoxy groups -OCH3 is 3. The summed E-state index contributed by atoms with van der Waals surface area (Å²) >= 11 is 6.17. The number of hydrogen-bond donors (Lipinski definition) is 1. The van der Waals surface area contributed by atoms with E-state index in [4.69, 9.17) is 31.5 Å². The number of rotatable bonds is 4. The molecule has 1 aromatic carbocycles. The Bertz CT molecular complexity index is 609. The summed E-state index contributed by atoms with van der Waals surface area (Å²) in [6, 6.07) is 3.43. The number of hydrogen-bond acceptors (Lipinski definition) is 6. The highest BCUT2D eigenvalue weighted by atomic mass is 35.5. The standard InChI is InChI=1S/C13H14ClN3O3/c1-18-7-4-8(19-2)10(9(5-7)20-3)12-11(14)13(15)17-6-16-12/h4-6H,1-3H3,(H2,15,16,17). The van der Waals surface area contributed by atoms with Crippen LogP contribution >= 0.6 is 11.6 Å². The summed E-state index contributed by atoms with van der Waals surface area (Å²) in [4.78, 5) is 8.00. The molecule has 0 spiro atoms. The molecule has 0 radical (unpaired) electrons. The van der Waals surface area contributed by atoms with Crippen molar-refractivity contribution in [2.24, 2.45) is 0 Å². The van der Waals surface area contributed by atoms with Gasteiger partial charge in [-0.05, 0) is 0 Å². The van der Waals surface area contributed by atoms with Crippen LogP contribution in [0.25, 0.3) is 11.3 Å². The van der Waals surface area contributed by atoms with Crippen LogP contribution in [0.15, 0.2) is 18.5 Å². The van der Waals surface area contributed by atoms with Gasteiger partial charge in [0, 0.05) is 12.1 Å². The molecule has 2 N–H and O–H groups in total. The van der Waals surface area contributed by atoms with Crippen molar-refractivity contribution >= 4 is 17.4 Å².